The van der Waals surface area contributed by atoms with Crippen LogP contribution in [0.25, 0.3) is 10.8 Å². The molecule has 1 atom stereocenters. The third-order valence-electron chi connectivity index (χ3n) is 3.68. The zero-order valence-electron chi connectivity index (χ0n) is 12.7. The highest BCUT2D eigenvalue weighted by molar-refractivity contribution is 7.86. The van der Waals surface area contributed by atoms with Crippen molar-refractivity contribution in [3.8, 4) is 0 Å². The summed E-state index contributed by atoms with van der Waals surface area (Å²) in [5.41, 5.74) is 6.87. The van der Waals surface area contributed by atoms with E-state index in [0.717, 1.165) is 0 Å². The van der Waals surface area contributed by atoms with Crippen LogP contribution in [0.4, 0.5) is 11.4 Å². The number of nitrogen functional groups attached to an aromatic ring is 1. The van der Waals surface area contributed by atoms with Gasteiger partial charge in [0.25, 0.3) is 10.1 Å². The minimum Gasteiger partial charge on any atom is -0.396 e. The van der Waals surface area contributed by atoms with Crippen molar-refractivity contribution in [2.75, 3.05) is 5.73 Å². The predicted molar refractivity (Wildman–Crippen MR) is 99.0 cm³/mol. The average Bonchev–Trinajstić information content (AvgIpc) is 2.54. The van der Waals surface area contributed by atoms with Crippen molar-refractivity contribution >= 4 is 55.5 Å². The number of rotatable bonds is 3. The molecule has 130 valence electrons. The zero-order chi connectivity index (χ0) is 18.2. The summed E-state index contributed by atoms with van der Waals surface area (Å²) in [5, 5.41) is 9.04. The zero-order valence-corrected chi connectivity index (χ0v) is 15.1. The van der Waals surface area contributed by atoms with E-state index < -0.39 is 10.1 Å². The van der Waals surface area contributed by atoms with Crippen LogP contribution in [0.3, 0.4) is 0 Å². The number of hydrogen-bond donors (Lipinski definition) is 2. The molecule has 1 aliphatic rings. The summed E-state index contributed by atoms with van der Waals surface area (Å²) in [5.74, 6) is 0. The molecule has 0 fully saturated rings. The van der Waals surface area contributed by atoms with Gasteiger partial charge in [-0.1, -0.05) is 41.9 Å². The lowest BCUT2D eigenvalue weighted by Gasteiger charge is -2.11. The van der Waals surface area contributed by atoms with E-state index in [-0.39, 0.29) is 21.6 Å². The summed E-state index contributed by atoms with van der Waals surface area (Å²) < 4.78 is 32.9. The number of anilines is 1. The Hall–Kier alpha value is -1.93. The molecule has 0 amide bonds. The summed E-state index contributed by atoms with van der Waals surface area (Å²) >= 11 is 12.1. The molecule has 6 nitrogen and oxygen atoms in total. The van der Waals surface area contributed by atoms with Crippen LogP contribution in [0.1, 0.15) is 6.42 Å². The van der Waals surface area contributed by atoms with Gasteiger partial charge in [0.1, 0.15) is 10.6 Å². The Morgan fingerprint density at radius 2 is 1.88 bits per heavy atom. The van der Waals surface area contributed by atoms with Gasteiger partial charge < -0.3 is 5.73 Å². The predicted octanol–water partition coefficient (Wildman–Crippen LogP) is 4.77. The highest BCUT2D eigenvalue weighted by Crippen LogP contribution is 2.37. The number of alkyl halides is 1. The van der Waals surface area contributed by atoms with Gasteiger partial charge in [-0.2, -0.15) is 8.42 Å². The van der Waals surface area contributed by atoms with Crippen molar-refractivity contribution in [1.82, 2.24) is 0 Å². The molecule has 0 aromatic heterocycles. The molecule has 2 aromatic rings. The van der Waals surface area contributed by atoms with Gasteiger partial charge in [0.2, 0.25) is 0 Å². The van der Waals surface area contributed by atoms with E-state index in [9.17, 15) is 13.0 Å². The highest BCUT2D eigenvalue weighted by Gasteiger charge is 2.19. The molecular formula is C16H13Cl2N3O3S. The average molecular weight is 398 g/mol. The van der Waals surface area contributed by atoms with E-state index in [0.29, 0.717) is 27.9 Å². The van der Waals surface area contributed by atoms with Crippen LogP contribution in [0.5, 0.6) is 0 Å². The fraction of sp³-hybridized carbons (Fsp3) is 0.125. The number of fused-ring (bicyclic) bond motifs is 1. The molecule has 0 aliphatic heterocycles. The number of azo groups is 1. The number of nitrogens with two attached hydrogens (primary N) is 1. The van der Waals surface area contributed by atoms with Crippen LogP contribution in [0.2, 0.25) is 0 Å². The van der Waals surface area contributed by atoms with E-state index in [4.69, 9.17) is 28.9 Å². The maximum Gasteiger partial charge on any atom is 0.295 e. The van der Waals surface area contributed by atoms with E-state index in [1.54, 1.807) is 36.4 Å². The summed E-state index contributed by atoms with van der Waals surface area (Å²) in [6, 6.07) is 7.74. The van der Waals surface area contributed by atoms with Crippen LogP contribution in [-0.2, 0) is 10.1 Å². The molecule has 0 spiro atoms. The Balaban J connectivity index is 2.15. The number of benzene rings is 2. The number of allylic oxidation sites excluding steroid dienone is 3. The summed E-state index contributed by atoms with van der Waals surface area (Å²) in [6.45, 7) is 0. The van der Waals surface area contributed by atoms with Gasteiger partial charge in [-0.15, -0.1) is 21.8 Å². The van der Waals surface area contributed by atoms with Crippen LogP contribution in [0.15, 0.2) is 68.3 Å². The van der Waals surface area contributed by atoms with E-state index in [1.807, 2.05) is 0 Å². The molecule has 2 aromatic carbocycles. The number of halogens is 2. The topological polar surface area (TPSA) is 105 Å². The summed E-state index contributed by atoms with van der Waals surface area (Å²) in [4.78, 5) is -0.286. The van der Waals surface area contributed by atoms with Crippen molar-refractivity contribution in [1.29, 1.82) is 0 Å². The Kier molecular flexibility index (Phi) is 4.83. The molecule has 0 heterocycles. The second-order valence-electron chi connectivity index (χ2n) is 5.40. The Bertz CT molecular complexity index is 1050. The molecule has 0 bridgehead atoms. The van der Waals surface area contributed by atoms with Crippen molar-refractivity contribution in [3.63, 3.8) is 0 Å². The van der Waals surface area contributed by atoms with Crippen LogP contribution in [0, 0.1) is 0 Å². The maximum absolute atomic E-state index is 11.7. The molecule has 25 heavy (non-hydrogen) atoms. The molecule has 3 N–H and O–H groups in total. The van der Waals surface area contributed by atoms with Gasteiger partial charge >= 0.3 is 0 Å². The standard InChI is InChI=1S/C16H13Cl2N3O3S/c17-9-5-6-13(12(18)7-9)20-21-14-8-15(25(22,23)24)10-3-1-2-4-11(10)16(14)19/h1-6,8-9H,7,19H2,(H,22,23,24)/b21-20+. The van der Waals surface area contributed by atoms with Crippen LogP contribution >= 0.6 is 23.2 Å². The van der Waals surface area contributed by atoms with Gasteiger partial charge in [0, 0.05) is 22.2 Å². The Labute approximate surface area is 154 Å². The third kappa shape index (κ3) is 3.69. The number of hydrogen-bond acceptors (Lipinski definition) is 5. The minimum atomic E-state index is -4.46. The first-order valence-corrected chi connectivity index (χ1v) is 9.44. The van der Waals surface area contributed by atoms with Crippen LogP contribution < -0.4 is 5.73 Å². The molecule has 1 aliphatic carbocycles. The van der Waals surface area contributed by atoms with Crippen LogP contribution in [-0.4, -0.2) is 18.3 Å². The minimum absolute atomic E-state index is 0.115. The lowest BCUT2D eigenvalue weighted by atomic mass is 10.1. The molecule has 0 saturated heterocycles. The lowest BCUT2D eigenvalue weighted by Crippen LogP contribution is -2.01. The molecule has 0 radical (unpaired) electrons. The first-order chi connectivity index (χ1) is 11.8. The van der Waals surface area contributed by atoms with Gasteiger partial charge in [0.05, 0.1) is 16.8 Å². The maximum atomic E-state index is 11.7. The van der Waals surface area contributed by atoms with Gasteiger partial charge in [0.15, 0.2) is 0 Å². The van der Waals surface area contributed by atoms with Crippen molar-refractivity contribution in [2.24, 2.45) is 10.2 Å². The van der Waals surface area contributed by atoms with E-state index in [1.165, 1.54) is 6.07 Å². The molecule has 9 heteroatoms. The van der Waals surface area contributed by atoms with Gasteiger partial charge in [-0.05, 0) is 12.1 Å². The van der Waals surface area contributed by atoms with E-state index in [2.05, 4.69) is 10.2 Å². The Morgan fingerprint density at radius 1 is 1.20 bits per heavy atom. The Morgan fingerprint density at radius 3 is 2.52 bits per heavy atom. The third-order valence-corrected chi connectivity index (χ3v) is 5.23. The second kappa shape index (κ2) is 6.76. The lowest BCUT2D eigenvalue weighted by molar-refractivity contribution is 0.484. The number of nitrogens with zero attached hydrogens (tertiary/aromatic N) is 2. The fourth-order valence-electron chi connectivity index (χ4n) is 2.47. The van der Waals surface area contributed by atoms with Gasteiger partial charge in [-0.25, -0.2) is 0 Å². The van der Waals surface area contributed by atoms with Crippen molar-refractivity contribution in [3.05, 3.63) is 53.2 Å². The van der Waals surface area contributed by atoms with Crippen molar-refractivity contribution in [2.45, 2.75) is 16.7 Å². The monoisotopic (exact) mass is 397 g/mol. The summed E-state index contributed by atoms with van der Waals surface area (Å²) in [7, 11) is -4.46. The summed E-state index contributed by atoms with van der Waals surface area (Å²) in [6.07, 6.45) is 3.79. The SMILES string of the molecule is Nc1c(/N=N/C2=C(Cl)CC(Cl)C=C2)cc(S(=O)(=O)O)c2ccccc12. The van der Waals surface area contributed by atoms with Crippen molar-refractivity contribution < 1.29 is 13.0 Å². The molecule has 3 rings (SSSR count). The largest absolute Gasteiger partial charge is 0.396 e. The van der Waals surface area contributed by atoms with Gasteiger partial charge in [-0.3, -0.25) is 4.55 Å². The molecular weight excluding hydrogens is 385 g/mol. The first-order valence-electron chi connectivity index (χ1n) is 7.18. The fourth-order valence-corrected chi connectivity index (χ4v) is 3.76. The highest BCUT2D eigenvalue weighted by atomic mass is 35.5. The first kappa shape index (κ1) is 17.9. The normalized spacial score (nSPS) is 18.4. The second-order valence-corrected chi connectivity index (χ2v) is 7.80. The van der Waals surface area contributed by atoms with E-state index >= 15 is 0 Å². The molecule has 1 unspecified atom stereocenters. The quantitative estimate of drug-likeness (QED) is 0.336. The molecule has 0 saturated carbocycles. The smallest absolute Gasteiger partial charge is 0.295 e.